The van der Waals surface area contributed by atoms with Crippen LogP contribution in [0, 0.1) is 23.2 Å². The Bertz CT molecular complexity index is 5860. The summed E-state index contributed by atoms with van der Waals surface area (Å²) in [6.07, 6.45) is 19.6. The van der Waals surface area contributed by atoms with Gasteiger partial charge in [0.2, 0.25) is 0 Å². The molecule has 2 nitrogen and oxygen atoms in total. The molecule has 6 aliphatic rings. The molecule has 3 heteroatoms. The third-order valence-electron chi connectivity index (χ3n) is 21.2. The van der Waals surface area contributed by atoms with E-state index in [1.54, 1.807) is 0 Å². The SMILES string of the molecule is [2H]c1c([2H])c([2H])c(-c2c([2H])c([2H])c3c(c2[2H])B2c4c(cc(CC(C)(C)C)cc4N3CCc3c(-c4ccccc4)cc(-c4ccccc4)cc3-c3ccccc3)N(CCc3c(-c4ccccc4)cc(-c4ccccc4)cc3-c3ccccc3)c3c([2H])c([2H])c(C4=C5C=CC6=CC=CC7=CCC(C=C4)C5C67)c([2H])c32)c([2H])c1[2H]. The maximum Gasteiger partial charge on any atom is 0.252 e. The fraction of sp³-hybridized carbons (Fsp3) is 0.134. The average molecular weight is 1290 g/mol. The molecule has 0 spiro atoms. The smallest absolute Gasteiger partial charge is 0.252 e. The Labute approximate surface area is 606 Å². The molecule has 0 aromatic heterocycles. The van der Waals surface area contributed by atoms with Crippen LogP contribution in [0.4, 0.5) is 22.7 Å². The first-order valence-electron chi connectivity index (χ1n) is 40.7. The molecular formula is C97H79BN2. The molecule has 0 saturated carbocycles. The summed E-state index contributed by atoms with van der Waals surface area (Å²) < 4.78 is 112. The summed E-state index contributed by atoms with van der Waals surface area (Å²) in [5.41, 5.74) is 21.8. The Morgan fingerprint density at radius 2 is 0.890 bits per heavy atom. The Hall–Kier alpha value is -11.3. The number of rotatable bonds is 15. The molecular weight excluding hydrogens is 1200 g/mol. The molecule has 0 fully saturated rings. The number of fused-ring (bicyclic) bond motifs is 4. The Kier molecular flexibility index (Phi) is 12.8. The van der Waals surface area contributed by atoms with E-state index in [9.17, 15) is 11.0 Å². The third kappa shape index (κ3) is 11.2. The highest BCUT2D eigenvalue weighted by Gasteiger charge is 2.45. The van der Waals surface area contributed by atoms with Crippen LogP contribution in [-0.2, 0) is 19.3 Å². The van der Waals surface area contributed by atoms with Crippen molar-refractivity contribution in [3.8, 4) is 77.9 Å². The van der Waals surface area contributed by atoms with Gasteiger partial charge < -0.3 is 9.80 Å². The van der Waals surface area contributed by atoms with Crippen molar-refractivity contribution in [3.63, 3.8) is 0 Å². The summed E-state index contributed by atoms with van der Waals surface area (Å²) in [5, 5.41) is 0. The third-order valence-corrected chi connectivity index (χ3v) is 21.2. The minimum Gasteiger partial charge on any atom is -0.342 e. The van der Waals surface area contributed by atoms with E-state index in [0.717, 1.165) is 95.4 Å². The lowest BCUT2D eigenvalue weighted by atomic mass is 9.33. The van der Waals surface area contributed by atoms with E-state index in [2.05, 4.69) is 261 Å². The minimum absolute atomic E-state index is 0.0165. The van der Waals surface area contributed by atoms with E-state index in [1.807, 2.05) is 36.4 Å². The molecule has 4 aliphatic carbocycles. The van der Waals surface area contributed by atoms with E-state index < -0.39 is 43.0 Å². The summed E-state index contributed by atoms with van der Waals surface area (Å²) in [5.74, 6) is 0.164. The highest BCUT2D eigenvalue weighted by atomic mass is 15.2. The molecule has 2 heterocycles. The standard InChI is InChI=1S/C97H79BN2/c1-97(2,3)64-65-56-92-96-93(57-65)100(55-53-82-86(71-36-21-9-22-37-71)60-79(68-30-15-6-16-31-68)61-87(82)72-38-23-10-24-39-72)91-51-47-77(80-48-44-75-43-42-73-40-25-41-74-45-49-83(80)95(75)94(73)74)63-89(91)98(96)88-62-76(66-26-11-4-12-27-66)46-50-90(88)99(92)54-52-81-84(69-32-17-7-18-33-69)58-78(67-28-13-5-14-29-67)59-85(81)70-34-19-8-20-35-70/h4-42,44-51,56-63,75,94-95H,43,52-55,64H2,1-3H3/i4D,11D,12D,26D,27D,46D,47D,50D,51D,62D,63D. The number of allylic oxidation sites excluding steroid dienone is 12. The van der Waals surface area contributed by atoms with Crippen LogP contribution in [0.1, 0.15) is 64.5 Å². The Balaban J connectivity index is 0.943. The first kappa shape index (κ1) is 50.1. The quantitative estimate of drug-likeness (QED) is 0.0944. The molecule has 3 unspecified atom stereocenters. The lowest BCUT2D eigenvalue weighted by molar-refractivity contribution is 0.360. The van der Waals surface area contributed by atoms with Crippen molar-refractivity contribution in [1.29, 1.82) is 0 Å². The van der Waals surface area contributed by atoms with Gasteiger partial charge in [0.25, 0.3) is 6.71 Å². The van der Waals surface area contributed by atoms with Crippen LogP contribution in [0.5, 0.6) is 0 Å². The summed E-state index contributed by atoms with van der Waals surface area (Å²) in [6.45, 7) is 5.87. The van der Waals surface area contributed by atoms with Crippen molar-refractivity contribution in [3.05, 3.63) is 372 Å². The molecule has 0 amide bonds. The van der Waals surface area contributed by atoms with Crippen molar-refractivity contribution in [2.24, 2.45) is 23.2 Å². The minimum atomic E-state index is -1.17. The molecule has 0 N–H and O–H groups in total. The first-order valence-corrected chi connectivity index (χ1v) is 35.2. The maximum absolute atomic E-state index is 11.5. The van der Waals surface area contributed by atoms with Gasteiger partial charge in [-0.25, -0.2) is 0 Å². The van der Waals surface area contributed by atoms with Gasteiger partial charge in [-0.1, -0.05) is 306 Å². The molecule has 0 radical (unpaired) electrons. The van der Waals surface area contributed by atoms with Crippen LogP contribution in [0.3, 0.4) is 0 Å². The summed E-state index contributed by atoms with van der Waals surface area (Å²) in [4.78, 5) is 4.31. The zero-order chi connectivity index (χ0) is 76.4. The van der Waals surface area contributed by atoms with Crippen molar-refractivity contribution in [2.75, 3.05) is 22.9 Å². The van der Waals surface area contributed by atoms with E-state index >= 15 is 0 Å². The molecule has 3 atom stereocenters. The van der Waals surface area contributed by atoms with Crippen molar-refractivity contribution in [1.82, 2.24) is 0 Å². The normalized spacial score (nSPS) is 18.2. The molecule has 480 valence electrons. The number of hydrogen-bond donors (Lipinski definition) is 0. The lowest BCUT2D eigenvalue weighted by Gasteiger charge is -2.45. The molecule has 100 heavy (non-hydrogen) atoms. The predicted molar refractivity (Wildman–Crippen MR) is 425 cm³/mol. The maximum atomic E-state index is 11.5. The fourth-order valence-corrected chi connectivity index (χ4v) is 16.8. The van der Waals surface area contributed by atoms with Gasteiger partial charge in [-0.05, 0) is 224 Å². The van der Waals surface area contributed by atoms with Crippen LogP contribution in [-0.4, -0.2) is 19.8 Å². The largest absolute Gasteiger partial charge is 0.342 e. The van der Waals surface area contributed by atoms with Gasteiger partial charge in [0.15, 0.2) is 0 Å². The monoisotopic (exact) mass is 1290 g/mol. The Morgan fingerprint density at radius 3 is 1.37 bits per heavy atom. The van der Waals surface area contributed by atoms with Crippen LogP contribution < -0.4 is 26.2 Å². The van der Waals surface area contributed by atoms with Crippen LogP contribution in [0.15, 0.2) is 350 Å². The summed E-state index contributed by atoms with van der Waals surface area (Å²) in [7, 11) is 0. The van der Waals surface area contributed by atoms with Crippen LogP contribution in [0.2, 0.25) is 0 Å². The van der Waals surface area contributed by atoms with E-state index in [1.165, 1.54) is 11.1 Å². The molecule has 12 aromatic rings. The van der Waals surface area contributed by atoms with E-state index in [4.69, 9.17) is 4.11 Å². The van der Waals surface area contributed by atoms with Gasteiger partial charge in [0, 0.05) is 47.7 Å². The number of nitrogens with zero attached hydrogens (tertiary/aromatic N) is 2. The van der Waals surface area contributed by atoms with Crippen molar-refractivity contribution >= 4 is 51.4 Å². The average Bonchev–Trinajstić information content (AvgIpc) is 0.677. The molecule has 0 saturated heterocycles. The predicted octanol–water partition coefficient (Wildman–Crippen LogP) is 22.4. The van der Waals surface area contributed by atoms with Gasteiger partial charge in [-0.2, -0.15) is 0 Å². The lowest BCUT2D eigenvalue weighted by Crippen LogP contribution is -2.62. The van der Waals surface area contributed by atoms with Crippen LogP contribution >= 0.6 is 0 Å². The van der Waals surface area contributed by atoms with Gasteiger partial charge in [-0.15, -0.1) is 0 Å². The van der Waals surface area contributed by atoms with Crippen molar-refractivity contribution < 1.29 is 15.1 Å². The number of hydrogen-bond acceptors (Lipinski definition) is 2. The number of anilines is 4. The molecule has 12 aromatic carbocycles. The highest BCUT2D eigenvalue weighted by Crippen LogP contribution is 2.53. The molecule has 2 aliphatic heterocycles. The first-order chi connectivity index (χ1) is 53.8. The van der Waals surface area contributed by atoms with Gasteiger partial charge in [0.1, 0.15) is 0 Å². The van der Waals surface area contributed by atoms with Crippen molar-refractivity contribution in [2.45, 2.75) is 46.5 Å². The number of benzene rings is 12. The second-order valence-electron chi connectivity index (χ2n) is 28.5. The Morgan fingerprint density at radius 1 is 0.430 bits per heavy atom. The van der Waals surface area contributed by atoms with Gasteiger partial charge >= 0.3 is 0 Å². The zero-order valence-electron chi connectivity index (χ0n) is 67.3. The van der Waals surface area contributed by atoms with Crippen LogP contribution in [0.25, 0.3) is 83.5 Å². The second kappa shape index (κ2) is 25.6. The molecule has 0 bridgehead atoms. The topological polar surface area (TPSA) is 6.48 Å². The zero-order valence-corrected chi connectivity index (χ0v) is 56.3. The van der Waals surface area contributed by atoms with Gasteiger partial charge in [0.05, 0.1) is 15.1 Å². The summed E-state index contributed by atoms with van der Waals surface area (Å²) >= 11 is 0. The van der Waals surface area contributed by atoms with Gasteiger partial charge in [-0.3, -0.25) is 0 Å². The fourth-order valence-electron chi connectivity index (χ4n) is 16.8. The highest BCUT2D eigenvalue weighted by molar-refractivity contribution is 7.00. The molecule has 18 rings (SSSR count). The second-order valence-corrected chi connectivity index (χ2v) is 28.5. The van der Waals surface area contributed by atoms with E-state index in [-0.39, 0.29) is 94.3 Å². The van der Waals surface area contributed by atoms with E-state index in [0.29, 0.717) is 52.8 Å². The summed E-state index contributed by atoms with van der Waals surface area (Å²) in [6, 6.07) is 71.5.